The predicted octanol–water partition coefficient (Wildman–Crippen LogP) is 5.21. The van der Waals surface area contributed by atoms with Gasteiger partial charge in [0.05, 0.1) is 36.2 Å². The summed E-state index contributed by atoms with van der Waals surface area (Å²) in [6.07, 6.45) is 1.55. The number of halogens is 1. The summed E-state index contributed by atoms with van der Waals surface area (Å²) in [7, 11) is 0. The maximum Gasteiger partial charge on any atom is 0.336 e. The van der Waals surface area contributed by atoms with Gasteiger partial charge >= 0.3 is 11.9 Å². The van der Waals surface area contributed by atoms with Crippen LogP contribution in [-0.4, -0.2) is 25.2 Å². The molecule has 2 aromatic carbocycles. The molecule has 0 bridgehead atoms. The van der Waals surface area contributed by atoms with E-state index in [-0.39, 0.29) is 19.6 Å². The van der Waals surface area contributed by atoms with Gasteiger partial charge < -0.3 is 14.8 Å². The molecule has 1 heterocycles. The van der Waals surface area contributed by atoms with Crippen molar-refractivity contribution < 1.29 is 19.1 Å². The molecular formula is C27H27ClN2O4. The van der Waals surface area contributed by atoms with E-state index in [1.165, 1.54) is 5.56 Å². The number of rotatable bonds is 9. The zero-order valence-corrected chi connectivity index (χ0v) is 20.0. The highest BCUT2D eigenvalue weighted by molar-refractivity contribution is 6.30. The second-order valence-electron chi connectivity index (χ2n) is 7.96. The number of aryl methyl sites for hydroxylation is 1. The van der Waals surface area contributed by atoms with Gasteiger partial charge in [-0.05, 0) is 49.9 Å². The maximum absolute atomic E-state index is 13.3. The number of hydrogen-bond acceptors (Lipinski definition) is 6. The van der Waals surface area contributed by atoms with Crippen molar-refractivity contribution in [3.63, 3.8) is 0 Å². The fourth-order valence-corrected chi connectivity index (χ4v) is 4.18. The van der Waals surface area contributed by atoms with Crippen LogP contribution in [0.2, 0.25) is 5.02 Å². The lowest BCUT2D eigenvalue weighted by Crippen LogP contribution is -2.32. The molecule has 176 valence electrons. The molecule has 1 aliphatic rings. The van der Waals surface area contributed by atoms with Gasteiger partial charge in [0, 0.05) is 16.4 Å². The summed E-state index contributed by atoms with van der Waals surface area (Å²) in [4.78, 5) is 26.3. The second kappa shape index (κ2) is 12.1. The Kier molecular flexibility index (Phi) is 8.89. The van der Waals surface area contributed by atoms with Crippen LogP contribution in [0.5, 0.6) is 0 Å². The highest BCUT2D eigenvalue weighted by atomic mass is 35.5. The molecular weight excluding hydrogens is 452 g/mol. The predicted molar refractivity (Wildman–Crippen MR) is 130 cm³/mol. The molecule has 6 nitrogen and oxygen atoms in total. The summed E-state index contributed by atoms with van der Waals surface area (Å²) >= 11 is 6.24. The lowest BCUT2D eigenvalue weighted by Gasteiger charge is -2.30. The van der Waals surface area contributed by atoms with Crippen molar-refractivity contribution in [3.05, 3.63) is 93.3 Å². The van der Waals surface area contributed by atoms with Crippen molar-refractivity contribution >= 4 is 23.5 Å². The lowest BCUT2D eigenvalue weighted by atomic mass is 9.80. The van der Waals surface area contributed by atoms with E-state index in [1.54, 1.807) is 32.0 Å². The number of allylic oxidation sites excluding steroid dienone is 2. The minimum atomic E-state index is -0.712. The quantitative estimate of drug-likeness (QED) is 0.393. The van der Waals surface area contributed by atoms with Gasteiger partial charge in [-0.3, -0.25) is 0 Å². The molecule has 0 spiro atoms. The number of nitrogens with one attached hydrogen (secondary N) is 1. The van der Waals surface area contributed by atoms with Crippen molar-refractivity contribution in [2.24, 2.45) is 0 Å². The molecule has 0 saturated carbocycles. The van der Waals surface area contributed by atoms with Crippen LogP contribution < -0.4 is 5.32 Å². The average molecular weight is 479 g/mol. The number of carbonyl (C=O) groups is 2. The van der Waals surface area contributed by atoms with Gasteiger partial charge in [0.1, 0.15) is 6.61 Å². The normalized spacial score (nSPS) is 15.4. The molecule has 3 rings (SSSR count). The van der Waals surface area contributed by atoms with Crippen LogP contribution >= 0.6 is 11.6 Å². The number of hydrogen-bond donors (Lipinski definition) is 1. The molecule has 2 aromatic rings. The van der Waals surface area contributed by atoms with Crippen LogP contribution in [0.15, 0.2) is 77.1 Å². The van der Waals surface area contributed by atoms with Crippen LogP contribution in [0.4, 0.5) is 0 Å². The van der Waals surface area contributed by atoms with E-state index in [4.69, 9.17) is 26.3 Å². The third kappa shape index (κ3) is 6.27. The summed E-state index contributed by atoms with van der Waals surface area (Å²) < 4.78 is 10.9. The number of benzene rings is 2. The molecule has 0 amide bonds. The molecule has 0 radical (unpaired) electrons. The van der Waals surface area contributed by atoms with Gasteiger partial charge in [-0.1, -0.05) is 54.1 Å². The number of nitriles is 1. The van der Waals surface area contributed by atoms with E-state index in [1.807, 2.05) is 42.5 Å². The van der Waals surface area contributed by atoms with Gasteiger partial charge in [-0.15, -0.1) is 0 Å². The van der Waals surface area contributed by atoms with Crippen molar-refractivity contribution in [2.45, 2.75) is 39.0 Å². The van der Waals surface area contributed by atoms with Gasteiger partial charge in [0.25, 0.3) is 0 Å². The minimum absolute atomic E-state index is 0.0314. The van der Waals surface area contributed by atoms with E-state index >= 15 is 0 Å². The molecule has 1 unspecified atom stereocenters. The van der Waals surface area contributed by atoms with Gasteiger partial charge in [-0.2, -0.15) is 5.26 Å². The standard InChI is InChI=1S/C27H27ClN2O4/c1-18-23(26(31)33-15-7-11-20-9-4-3-5-10-20)25(21-12-6-13-22(28)17-21)24(19(2)30-18)27(32)34-16-8-14-29/h3-6,9-10,12-13,17,25,30H,7-8,11,15-16H2,1-2H3. The van der Waals surface area contributed by atoms with Crippen LogP contribution in [0, 0.1) is 11.3 Å². The Balaban J connectivity index is 1.84. The topological polar surface area (TPSA) is 88.4 Å². The summed E-state index contributed by atoms with van der Waals surface area (Å²) in [6.45, 7) is 3.75. The lowest BCUT2D eigenvalue weighted by molar-refractivity contribution is -0.140. The molecule has 0 aliphatic carbocycles. The highest BCUT2D eigenvalue weighted by Crippen LogP contribution is 2.40. The first-order chi connectivity index (χ1) is 16.4. The molecule has 7 heteroatoms. The first-order valence-corrected chi connectivity index (χ1v) is 11.5. The molecule has 1 aliphatic heterocycles. The molecule has 1 N–H and O–H groups in total. The summed E-state index contributed by atoms with van der Waals surface area (Å²) in [5.41, 5.74) is 3.65. The van der Waals surface area contributed by atoms with E-state index in [0.717, 1.165) is 6.42 Å². The number of dihydropyridines is 1. The second-order valence-corrected chi connectivity index (χ2v) is 8.40. The first kappa shape index (κ1) is 25.1. The van der Waals surface area contributed by atoms with Crippen molar-refractivity contribution in [1.29, 1.82) is 5.26 Å². The first-order valence-electron chi connectivity index (χ1n) is 11.1. The number of ether oxygens (including phenoxy) is 2. The van der Waals surface area contributed by atoms with Crippen LogP contribution in [-0.2, 0) is 25.5 Å². The fraction of sp³-hybridized carbons (Fsp3) is 0.296. The van der Waals surface area contributed by atoms with Gasteiger partial charge in [-0.25, -0.2) is 9.59 Å². The van der Waals surface area contributed by atoms with E-state index in [9.17, 15) is 9.59 Å². The van der Waals surface area contributed by atoms with Crippen LogP contribution in [0.25, 0.3) is 0 Å². The number of nitrogens with zero attached hydrogens (tertiary/aromatic N) is 1. The van der Waals surface area contributed by atoms with Gasteiger partial charge in [0.15, 0.2) is 0 Å². The zero-order chi connectivity index (χ0) is 24.5. The van der Waals surface area contributed by atoms with Gasteiger partial charge in [0.2, 0.25) is 0 Å². The maximum atomic E-state index is 13.3. The molecule has 0 saturated heterocycles. The monoisotopic (exact) mass is 478 g/mol. The average Bonchev–Trinajstić information content (AvgIpc) is 2.82. The van der Waals surface area contributed by atoms with Crippen molar-refractivity contribution in [1.82, 2.24) is 5.32 Å². The Labute approximate surface area is 204 Å². The zero-order valence-electron chi connectivity index (χ0n) is 19.3. The summed E-state index contributed by atoms with van der Waals surface area (Å²) in [5, 5.41) is 12.4. The Morgan fingerprint density at radius 3 is 2.24 bits per heavy atom. The molecule has 0 fully saturated rings. The minimum Gasteiger partial charge on any atom is -0.462 e. The SMILES string of the molecule is CC1=C(C(=O)OCCC#N)C(c2cccc(Cl)c2)C(C(=O)OCCCc2ccccc2)=C(C)N1. The highest BCUT2D eigenvalue weighted by Gasteiger charge is 2.38. The Bertz CT molecular complexity index is 1150. The van der Waals surface area contributed by atoms with E-state index in [2.05, 4.69) is 5.32 Å². The van der Waals surface area contributed by atoms with Crippen LogP contribution in [0.3, 0.4) is 0 Å². The van der Waals surface area contributed by atoms with Crippen LogP contribution in [0.1, 0.15) is 43.7 Å². The third-order valence-corrected chi connectivity index (χ3v) is 5.75. The number of carbonyl (C=O) groups excluding carboxylic acids is 2. The van der Waals surface area contributed by atoms with Crippen molar-refractivity contribution in [3.8, 4) is 6.07 Å². The molecule has 1 atom stereocenters. The van der Waals surface area contributed by atoms with E-state index in [0.29, 0.717) is 39.5 Å². The Hall–Kier alpha value is -3.56. The smallest absolute Gasteiger partial charge is 0.336 e. The third-order valence-electron chi connectivity index (χ3n) is 5.51. The fourth-order valence-electron chi connectivity index (χ4n) is 3.99. The van der Waals surface area contributed by atoms with Crippen molar-refractivity contribution in [2.75, 3.05) is 13.2 Å². The summed E-state index contributed by atoms with van der Waals surface area (Å²) in [5.74, 6) is -1.80. The largest absolute Gasteiger partial charge is 0.462 e. The Morgan fingerprint density at radius 1 is 0.971 bits per heavy atom. The molecule has 34 heavy (non-hydrogen) atoms. The van der Waals surface area contributed by atoms with E-state index < -0.39 is 17.9 Å². The number of esters is 2. The summed E-state index contributed by atoms with van der Waals surface area (Å²) in [6, 6.07) is 19.0. The Morgan fingerprint density at radius 2 is 1.62 bits per heavy atom. The molecule has 0 aromatic heterocycles.